The van der Waals surface area contributed by atoms with Crippen LogP contribution in [0.5, 0.6) is 0 Å². The van der Waals surface area contributed by atoms with E-state index in [1.807, 2.05) is 0 Å². The molecule has 4 atom stereocenters. The molecule has 0 aliphatic carbocycles. The van der Waals surface area contributed by atoms with Crippen LogP contribution in [0.4, 0.5) is 5.82 Å². The lowest BCUT2D eigenvalue weighted by Crippen LogP contribution is -2.46. The molecule has 1 aromatic rings. The zero-order chi connectivity index (χ0) is 13.5. The Labute approximate surface area is 102 Å². The van der Waals surface area contributed by atoms with Crippen molar-refractivity contribution in [3.8, 4) is 0 Å². The molecule has 1 aliphatic heterocycles. The first-order valence-corrected chi connectivity index (χ1v) is 5.39. The molecule has 1 aliphatic rings. The summed E-state index contributed by atoms with van der Waals surface area (Å²) in [6, 6.07) is 1.37. The zero-order valence-electron chi connectivity index (χ0n) is 9.72. The molecule has 1 saturated heterocycles. The van der Waals surface area contributed by atoms with Crippen LogP contribution in [-0.4, -0.2) is 49.3 Å². The summed E-state index contributed by atoms with van der Waals surface area (Å²) in [4.78, 5) is 15.2. The second-order valence-electron chi connectivity index (χ2n) is 4.42. The Morgan fingerprint density at radius 2 is 2.33 bits per heavy atom. The van der Waals surface area contributed by atoms with Crippen LogP contribution in [0, 0.1) is 0 Å². The maximum absolute atomic E-state index is 11.7. The van der Waals surface area contributed by atoms with Gasteiger partial charge in [-0.05, 0) is 13.0 Å². The molecule has 18 heavy (non-hydrogen) atoms. The predicted octanol–water partition coefficient (Wildman–Crippen LogP) is -2.17. The standard InChI is InChI=1S/C10H15N3O5/c1-10(17)7(15)5(4-14)18-8(10)13-3-2-6(11)12-9(13)16/h2-3,5,7-8,14-15,17H,4H2,1H3,(H2,11,12,16)/t5?,7-,8-,10-/m1/s1. The Balaban J connectivity index is 2.42. The van der Waals surface area contributed by atoms with Crippen molar-refractivity contribution < 1.29 is 20.1 Å². The van der Waals surface area contributed by atoms with Crippen molar-refractivity contribution in [1.82, 2.24) is 9.55 Å². The van der Waals surface area contributed by atoms with Crippen LogP contribution < -0.4 is 11.4 Å². The van der Waals surface area contributed by atoms with Crippen molar-refractivity contribution in [1.29, 1.82) is 0 Å². The van der Waals surface area contributed by atoms with Crippen LogP contribution in [0.2, 0.25) is 0 Å². The van der Waals surface area contributed by atoms with Crippen LogP contribution >= 0.6 is 0 Å². The van der Waals surface area contributed by atoms with Crippen LogP contribution in [0.25, 0.3) is 0 Å². The third-order valence-corrected chi connectivity index (χ3v) is 3.04. The normalized spacial score (nSPS) is 35.9. The highest BCUT2D eigenvalue weighted by molar-refractivity contribution is 5.23. The van der Waals surface area contributed by atoms with Gasteiger partial charge in [0.05, 0.1) is 6.61 Å². The van der Waals surface area contributed by atoms with Crippen molar-refractivity contribution in [3.63, 3.8) is 0 Å². The minimum atomic E-state index is -1.71. The molecule has 1 unspecified atom stereocenters. The van der Waals surface area contributed by atoms with Crippen LogP contribution in [-0.2, 0) is 4.74 Å². The molecule has 8 nitrogen and oxygen atoms in total. The molecule has 0 bridgehead atoms. The monoisotopic (exact) mass is 257 g/mol. The number of aliphatic hydroxyl groups is 3. The third-order valence-electron chi connectivity index (χ3n) is 3.04. The van der Waals surface area contributed by atoms with Gasteiger partial charge in [-0.1, -0.05) is 0 Å². The smallest absolute Gasteiger partial charge is 0.351 e. The number of aliphatic hydroxyl groups excluding tert-OH is 2. The number of anilines is 1. The van der Waals surface area contributed by atoms with E-state index in [1.54, 1.807) is 0 Å². The van der Waals surface area contributed by atoms with Gasteiger partial charge in [0, 0.05) is 6.20 Å². The summed E-state index contributed by atoms with van der Waals surface area (Å²) in [6.07, 6.45) is -2.09. The molecule has 0 amide bonds. The number of ether oxygens (including phenoxy) is 1. The van der Waals surface area contributed by atoms with Crippen molar-refractivity contribution in [2.45, 2.75) is 31.0 Å². The van der Waals surface area contributed by atoms with Gasteiger partial charge in [0.1, 0.15) is 23.6 Å². The highest BCUT2D eigenvalue weighted by Crippen LogP contribution is 2.37. The summed E-state index contributed by atoms with van der Waals surface area (Å²) < 4.78 is 6.30. The van der Waals surface area contributed by atoms with Gasteiger partial charge in [-0.2, -0.15) is 4.98 Å². The minimum absolute atomic E-state index is 0.0492. The fraction of sp³-hybridized carbons (Fsp3) is 0.600. The Bertz CT molecular complexity index is 501. The van der Waals surface area contributed by atoms with Crippen molar-refractivity contribution in [3.05, 3.63) is 22.7 Å². The summed E-state index contributed by atoms with van der Waals surface area (Å²) in [7, 11) is 0. The van der Waals surface area contributed by atoms with E-state index in [0.29, 0.717) is 0 Å². The average Bonchev–Trinajstić information content (AvgIpc) is 2.52. The van der Waals surface area contributed by atoms with E-state index in [4.69, 9.17) is 15.6 Å². The summed E-state index contributed by atoms with van der Waals surface area (Å²) in [5.41, 5.74) is 2.94. The van der Waals surface area contributed by atoms with Gasteiger partial charge >= 0.3 is 5.69 Å². The lowest BCUT2D eigenvalue weighted by molar-refractivity contribution is -0.0986. The summed E-state index contributed by atoms with van der Waals surface area (Å²) in [6.45, 7) is 0.853. The number of nitrogens with two attached hydrogens (primary N) is 1. The molecule has 1 fully saturated rings. The maximum atomic E-state index is 11.7. The Hall–Kier alpha value is -1.48. The van der Waals surface area contributed by atoms with Gasteiger partial charge in [0.15, 0.2) is 6.23 Å². The topological polar surface area (TPSA) is 131 Å². The summed E-state index contributed by atoms with van der Waals surface area (Å²) in [5, 5.41) is 29.0. The average molecular weight is 257 g/mol. The first kappa shape index (κ1) is 13.0. The minimum Gasteiger partial charge on any atom is -0.394 e. The molecular weight excluding hydrogens is 242 g/mol. The quantitative estimate of drug-likeness (QED) is 0.474. The number of hydrogen-bond acceptors (Lipinski definition) is 7. The van der Waals surface area contributed by atoms with Crippen LogP contribution in [0.3, 0.4) is 0 Å². The molecule has 2 heterocycles. The molecule has 8 heteroatoms. The zero-order valence-corrected chi connectivity index (χ0v) is 9.72. The van der Waals surface area contributed by atoms with Gasteiger partial charge in [-0.3, -0.25) is 4.57 Å². The number of aromatic nitrogens is 2. The van der Waals surface area contributed by atoms with Crippen molar-refractivity contribution in [2.24, 2.45) is 0 Å². The van der Waals surface area contributed by atoms with E-state index in [2.05, 4.69) is 4.98 Å². The lowest BCUT2D eigenvalue weighted by Gasteiger charge is -2.27. The second kappa shape index (κ2) is 4.32. The van der Waals surface area contributed by atoms with Crippen molar-refractivity contribution in [2.75, 3.05) is 12.3 Å². The lowest BCUT2D eigenvalue weighted by atomic mass is 9.96. The molecular formula is C10H15N3O5. The number of nitrogens with zero attached hydrogens (tertiary/aromatic N) is 2. The van der Waals surface area contributed by atoms with E-state index >= 15 is 0 Å². The number of nitrogen functional groups attached to an aromatic ring is 1. The van der Waals surface area contributed by atoms with Gasteiger partial charge in [0.25, 0.3) is 0 Å². The second-order valence-corrected chi connectivity index (χ2v) is 4.42. The van der Waals surface area contributed by atoms with Gasteiger partial charge in [-0.15, -0.1) is 0 Å². The van der Waals surface area contributed by atoms with Gasteiger partial charge < -0.3 is 25.8 Å². The molecule has 2 rings (SSSR count). The molecule has 1 aromatic heterocycles. The fourth-order valence-electron chi connectivity index (χ4n) is 1.99. The van der Waals surface area contributed by atoms with E-state index in [-0.39, 0.29) is 5.82 Å². The number of rotatable bonds is 2. The SMILES string of the molecule is C[C@@]1(O)[C@H](O)C(CO)O[C@H]1n1ccc(N)nc1=O. The largest absolute Gasteiger partial charge is 0.394 e. The first-order chi connectivity index (χ1) is 8.37. The Morgan fingerprint density at radius 3 is 2.83 bits per heavy atom. The molecule has 0 spiro atoms. The highest BCUT2D eigenvalue weighted by atomic mass is 16.6. The maximum Gasteiger partial charge on any atom is 0.351 e. The Morgan fingerprint density at radius 1 is 1.67 bits per heavy atom. The fourth-order valence-corrected chi connectivity index (χ4v) is 1.99. The molecule has 0 saturated carbocycles. The summed E-state index contributed by atoms with van der Waals surface area (Å²) in [5.74, 6) is 0.0492. The third kappa shape index (κ3) is 1.89. The number of hydrogen-bond donors (Lipinski definition) is 4. The van der Waals surface area contributed by atoms with Gasteiger partial charge in [0.2, 0.25) is 0 Å². The predicted molar refractivity (Wildman–Crippen MR) is 60.5 cm³/mol. The van der Waals surface area contributed by atoms with Crippen LogP contribution in [0.1, 0.15) is 13.2 Å². The van der Waals surface area contributed by atoms with E-state index in [9.17, 15) is 15.0 Å². The molecule has 0 aromatic carbocycles. The summed E-state index contributed by atoms with van der Waals surface area (Å²) >= 11 is 0. The van der Waals surface area contributed by atoms with Crippen LogP contribution in [0.15, 0.2) is 17.1 Å². The van der Waals surface area contributed by atoms with E-state index in [1.165, 1.54) is 19.2 Å². The molecule has 0 radical (unpaired) electrons. The van der Waals surface area contributed by atoms with Gasteiger partial charge in [-0.25, -0.2) is 4.79 Å². The highest BCUT2D eigenvalue weighted by Gasteiger charge is 2.53. The van der Waals surface area contributed by atoms with E-state index in [0.717, 1.165) is 4.57 Å². The van der Waals surface area contributed by atoms with Crippen molar-refractivity contribution >= 4 is 5.82 Å². The Kier molecular flexibility index (Phi) is 3.11. The first-order valence-electron chi connectivity index (χ1n) is 5.39. The van der Waals surface area contributed by atoms with E-state index < -0.39 is 36.3 Å². The molecule has 5 N–H and O–H groups in total. The molecule has 100 valence electrons.